The molecule has 1 saturated carbocycles. The Morgan fingerprint density at radius 3 is 2.81 bits per heavy atom. The molecule has 21 heavy (non-hydrogen) atoms. The summed E-state index contributed by atoms with van der Waals surface area (Å²) in [4.78, 5) is 12.0. The van der Waals surface area contributed by atoms with Crippen LogP contribution in [-0.4, -0.2) is 30.2 Å². The second kappa shape index (κ2) is 8.15. The summed E-state index contributed by atoms with van der Waals surface area (Å²) in [5.41, 5.74) is 1.96. The SMILES string of the molecule is Cc1ccccc1NC(=O)CCNC1CCCCC1CO. The van der Waals surface area contributed by atoms with Crippen LogP contribution < -0.4 is 10.6 Å². The van der Waals surface area contributed by atoms with Crippen LogP contribution in [0.5, 0.6) is 0 Å². The van der Waals surface area contributed by atoms with Crippen molar-refractivity contribution >= 4 is 11.6 Å². The van der Waals surface area contributed by atoms with Gasteiger partial charge in [0.15, 0.2) is 0 Å². The Morgan fingerprint density at radius 2 is 2.05 bits per heavy atom. The van der Waals surface area contributed by atoms with Gasteiger partial charge in [-0.1, -0.05) is 31.0 Å². The number of para-hydroxylation sites is 1. The van der Waals surface area contributed by atoms with E-state index in [0.717, 1.165) is 24.1 Å². The number of carbonyl (C=O) groups is 1. The average molecular weight is 290 g/mol. The average Bonchev–Trinajstić information content (AvgIpc) is 2.50. The lowest BCUT2D eigenvalue weighted by Crippen LogP contribution is -2.41. The number of carbonyl (C=O) groups excluding carboxylic acids is 1. The molecule has 0 saturated heterocycles. The Morgan fingerprint density at radius 1 is 1.29 bits per heavy atom. The monoisotopic (exact) mass is 290 g/mol. The van der Waals surface area contributed by atoms with Gasteiger partial charge >= 0.3 is 0 Å². The molecule has 3 N–H and O–H groups in total. The van der Waals surface area contributed by atoms with E-state index in [1.165, 1.54) is 12.8 Å². The van der Waals surface area contributed by atoms with E-state index in [-0.39, 0.29) is 12.5 Å². The zero-order valence-electron chi connectivity index (χ0n) is 12.8. The van der Waals surface area contributed by atoms with Gasteiger partial charge in [-0.25, -0.2) is 0 Å². The minimum atomic E-state index is 0.0353. The molecule has 0 spiro atoms. The molecule has 2 rings (SSSR count). The van der Waals surface area contributed by atoms with Crippen LogP contribution in [-0.2, 0) is 4.79 Å². The molecule has 2 atom stereocenters. The van der Waals surface area contributed by atoms with Gasteiger partial charge in [-0.2, -0.15) is 0 Å². The van der Waals surface area contributed by atoms with Crippen LogP contribution in [0.4, 0.5) is 5.69 Å². The molecule has 1 aliphatic carbocycles. The fraction of sp³-hybridized carbons (Fsp3) is 0.588. The van der Waals surface area contributed by atoms with Crippen LogP contribution in [0.2, 0.25) is 0 Å². The van der Waals surface area contributed by atoms with Gasteiger partial charge in [-0.15, -0.1) is 0 Å². The van der Waals surface area contributed by atoms with E-state index in [0.29, 0.717) is 24.9 Å². The number of aryl methyl sites for hydroxylation is 1. The van der Waals surface area contributed by atoms with Crippen LogP contribution in [0.3, 0.4) is 0 Å². The molecular weight excluding hydrogens is 264 g/mol. The van der Waals surface area contributed by atoms with Gasteiger partial charge in [0.2, 0.25) is 5.91 Å². The van der Waals surface area contributed by atoms with Gasteiger partial charge in [0.05, 0.1) is 0 Å². The summed E-state index contributed by atoms with van der Waals surface area (Å²) in [6.45, 7) is 2.90. The van der Waals surface area contributed by atoms with Crippen LogP contribution in [0, 0.1) is 12.8 Å². The molecule has 4 nitrogen and oxygen atoms in total. The molecule has 4 heteroatoms. The van der Waals surface area contributed by atoms with E-state index in [1.54, 1.807) is 0 Å². The summed E-state index contributed by atoms with van der Waals surface area (Å²) >= 11 is 0. The van der Waals surface area contributed by atoms with Gasteiger partial charge < -0.3 is 15.7 Å². The predicted molar refractivity (Wildman–Crippen MR) is 85.3 cm³/mol. The second-order valence-electron chi connectivity index (χ2n) is 5.90. The van der Waals surface area contributed by atoms with Crippen molar-refractivity contribution in [2.24, 2.45) is 5.92 Å². The first-order valence-corrected chi connectivity index (χ1v) is 7.90. The number of aliphatic hydroxyl groups excluding tert-OH is 1. The third kappa shape index (κ3) is 4.83. The van der Waals surface area contributed by atoms with Crippen molar-refractivity contribution in [3.8, 4) is 0 Å². The number of benzene rings is 1. The third-order valence-corrected chi connectivity index (χ3v) is 4.32. The topological polar surface area (TPSA) is 61.4 Å². The van der Waals surface area contributed by atoms with Crippen LogP contribution in [0.15, 0.2) is 24.3 Å². The molecule has 1 aromatic carbocycles. The number of hydrogen-bond acceptors (Lipinski definition) is 3. The Bertz CT molecular complexity index is 462. The Labute approximate surface area is 126 Å². The highest BCUT2D eigenvalue weighted by atomic mass is 16.3. The first-order chi connectivity index (χ1) is 10.2. The summed E-state index contributed by atoms with van der Waals surface area (Å²) in [6.07, 6.45) is 5.07. The van der Waals surface area contributed by atoms with Crippen molar-refractivity contribution in [1.29, 1.82) is 0 Å². The molecule has 0 radical (unpaired) electrons. The Balaban J connectivity index is 1.73. The molecule has 1 amide bonds. The molecule has 0 aromatic heterocycles. The largest absolute Gasteiger partial charge is 0.396 e. The van der Waals surface area contributed by atoms with Crippen molar-refractivity contribution in [1.82, 2.24) is 5.32 Å². The zero-order valence-corrected chi connectivity index (χ0v) is 12.8. The number of hydrogen-bond donors (Lipinski definition) is 3. The summed E-state index contributed by atoms with van der Waals surface area (Å²) in [5.74, 6) is 0.381. The van der Waals surface area contributed by atoms with Crippen LogP contribution >= 0.6 is 0 Å². The third-order valence-electron chi connectivity index (χ3n) is 4.32. The lowest BCUT2D eigenvalue weighted by Gasteiger charge is -2.31. The molecule has 1 aliphatic rings. The fourth-order valence-electron chi connectivity index (χ4n) is 2.99. The van der Waals surface area contributed by atoms with Crippen molar-refractivity contribution in [3.05, 3.63) is 29.8 Å². The van der Waals surface area contributed by atoms with Crippen LogP contribution in [0.1, 0.15) is 37.7 Å². The smallest absolute Gasteiger partial charge is 0.225 e. The maximum absolute atomic E-state index is 12.0. The van der Waals surface area contributed by atoms with E-state index >= 15 is 0 Å². The lowest BCUT2D eigenvalue weighted by molar-refractivity contribution is -0.116. The Hall–Kier alpha value is -1.39. The van der Waals surface area contributed by atoms with Crippen molar-refractivity contribution in [2.75, 3.05) is 18.5 Å². The van der Waals surface area contributed by atoms with Gasteiger partial charge in [0.25, 0.3) is 0 Å². The fourth-order valence-corrected chi connectivity index (χ4v) is 2.99. The molecular formula is C17H26N2O2. The van der Waals surface area contributed by atoms with E-state index in [1.807, 2.05) is 31.2 Å². The maximum Gasteiger partial charge on any atom is 0.225 e. The molecule has 0 bridgehead atoms. The van der Waals surface area contributed by atoms with Crippen molar-refractivity contribution < 1.29 is 9.90 Å². The number of rotatable bonds is 6. The maximum atomic E-state index is 12.0. The lowest BCUT2D eigenvalue weighted by atomic mass is 9.85. The number of nitrogens with one attached hydrogen (secondary N) is 2. The highest BCUT2D eigenvalue weighted by molar-refractivity contribution is 5.91. The van der Waals surface area contributed by atoms with Crippen molar-refractivity contribution in [3.63, 3.8) is 0 Å². The molecule has 0 heterocycles. The highest BCUT2D eigenvalue weighted by Crippen LogP contribution is 2.23. The van der Waals surface area contributed by atoms with Gasteiger partial charge in [0.1, 0.15) is 0 Å². The van der Waals surface area contributed by atoms with Gasteiger partial charge in [0, 0.05) is 31.3 Å². The van der Waals surface area contributed by atoms with Gasteiger partial charge in [-0.05, 0) is 37.3 Å². The molecule has 1 fully saturated rings. The number of aliphatic hydroxyl groups is 1. The standard InChI is InChI=1S/C17H26N2O2/c1-13-6-2-4-8-15(13)19-17(21)10-11-18-16-9-5-3-7-14(16)12-20/h2,4,6,8,14,16,18,20H,3,5,7,9-12H2,1H3,(H,19,21). The molecule has 116 valence electrons. The molecule has 2 unspecified atom stereocenters. The summed E-state index contributed by atoms with van der Waals surface area (Å²) in [5, 5.41) is 15.8. The molecule has 1 aromatic rings. The van der Waals surface area contributed by atoms with Crippen LogP contribution in [0.25, 0.3) is 0 Å². The first kappa shape index (κ1) is 16.0. The zero-order chi connectivity index (χ0) is 15.1. The minimum absolute atomic E-state index is 0.0353. The van der Waals surface area contributed by atoms with Gasteiger partial charge in [-0.3, -0.25) is 4.79 Å². The predicted octanol–water partition coefficient (Wildman–Crippen LogP) is 2.46. The number of anilines is 1. The Kier molecular flexibility index (Phi) is 6.21. The number of amides is 1. The summed E-state index contributed by atoms with van der Waals surface area (Å²) in [7, 11) is 0. The first-order valence-electron chi connectivity index (χ1n) is 7.90. The quantitative estimate of drug-likeness (QED) is 0.754. The van der Waals surface area contributed by atoms with E-state index in [4.69, 9.17) is 0 Å². The normalized spacial score (nSPS) is 22.0. The summed E-state index contributed by atoms with van der Waals surface area (Å²) in [6, 6.07) is 8.15. The van der Waals surface area contributed by atoms with E-state index in [2.05, 4.69) is 10.6 Å². The molecule has 0 aliphatic heterocycles. The minimum Gasteiger partial charge on any atom is -0.396 e. The second-order valence-corrected chi connectivity index (χ2v) is 5.90. The van der Waals surface area contributed by atoms with E-state index < -0.39 is 0 Å². The highest BCUT2D eigenvalue weighted by Gasteiger charge is 2.23. The van der Waals surface area contributed by atoms with Crippen molar-refractivity contribution in [2.45, 2.75) is 45.1 Å². The summed E-state index contributed by atoms with van der Waals surface area (Å²) < 4.78 is 0. The van der Waals surface area contributed by atoms with E-state index in [9.17, 15) is 9.90 Å².